The molecule has 0 spiro atoms. The lowest BCUT2D eigenvalue weighted by Gasteiger charge is -2.13. The molecule has 0 saturated heterocycles. The molecular weight excluding hydrogens is 578 g/mol. The molecule has 44 heavy (non-hydrogen) atoms. The maximum absolute atomic E-state index is 14.3. The number of nitro benzene ring substituents is 1. The normalized spacial score (nSPS) is 11.8. The number of benzene rings is 4. The SMILES string of the molecule is Cc1ccc(S(=O)(=O)c2c(NC(=O)C=Cc3cccc([N+](=O)[O-])c3)n(Cc3ccccc3)c3nc4ccccc4nc23)cc1. The zero-order valence-corrected chi connectivity index (χ0v) is 24.2. The van der Waals surface area contributed by atoms with Crippen molar-refractivity contribution >= 4 is 55.5 Å². The van der Waals surface area contributed by atoms with Crippen LogP contribution in [0.1, 0.15) is 16.7 Å². The highest BCUT2D eigenvalue weighted by atomic mass is 32.2. The molecule has 4 aromatic carbocycles. The summed E-state index contributed by atoms with van der Waals surface area (Å²) in [4.78, 5) is 33.5. The third-order valence-electron chi connectivity index (χ3n) is 7.04. The largest absolute Gasteiger partial charge is 0.307 e. The number of carbonyl (C=O) groups excluding carboxylic acids is 1. The summed E-state index contributed by atoms with van der Waals surface area (Å²) in [6.45, 7) is 2.05. The van der Waals surface area contributed by atoms with Gasteiger partial charge in [-0.15, -0.1) is 0 Å². The Hall–Kier alpha value is -5.68. The van der Waals surface area contributed by atoms with Crippen LogP contribution in [0.4, 0.5) is 11.5 Å². The first-order chi connectivity index (χ1) is 21.2. The van der Waals surface area contributed by atoms with Gasteiger partial charge in [0.1, 0.15) is 16.2 Å². The van der Waals surface area contributed by atoms with E-state index < -0.39 is 20.7 Å². The number of nitrogens with one attached hydrogen (secondary N) is 1. The van der Waals surface area contributed by atoms with Gasteiger partial charge in [0.2, 0.25) is 15.7 Å². The van der Waals surface area contributed by atoms with E-state index in [9.17, 15) is 23.3 Å². The number of hydrogen-bond donors (Lipinski definition) is 1. The Bertz CT molecular complexity index is 2190. The highest BCUT2D eigenvalue weighted by Gasteiger charge is 2.32. The Morgan fingerprint density at radius 1 is 0.909 bits per heavy atom. The first kappa shape index (κ1) is 28.4. The van der Waals surface area contributed by atoms with Crippen molar-refractivity contribution in [3.63, 3.8) is 0 Å². The molecule has 0 atom stereocenters. The molecule has 218 valence electrons. The van der Waals surface area contributed by atoms with E-state index in [4.69, 9.17) is 9.97 Å². The van der Waals surface area contributed by atoms with Crippen molar-refractivity contribution in [3.05, 3.63) is 136 Å². The van der Waals surface area contributed by atoms with Crippen molar-refractivity contribution in [1.29, 1.82) is 0 Å². The summed E-state index contributed by atoms with van der Waals surface area (Å²) >= 11 is 0. The lowest BCUT2D eigenvalue weighted by Crippen LogP contribution is -2.16. The molecule has 0 aliphatic heterocycles. The lowest BCUT2D eigenvalue weighted by molar-refractivity contribution is -0.384. The molecule has 0 aliphatic carbocycles. The molecule has 6 rings (SSSR count). The number of non-ortho nitro benzene ring substituents is 1. The van der Waals surface area contributed by atoms with Crippen LogP contribution in [0.15, 0.2) is 119 Å². The van der Waals surface area contributed by atoms with Gasteiger partial charge < -0.3 is 9.88 Å². The van der Waals surface area contributed by atoms with Crippen LogP contribution in [-0.2, 0) is 21.2 Å². The number of para-hydroxylation sites is 2. The van der Waals surface area contributed by atoms with Gasteiger partial charge in [0, 0.05) is 18.2 Å². The molecule has 6 aromatic rings. The molecule has 0 aliphatic rings. The fraction of sp³-hybridized carbons (Fsp3) is 0.0606. The molecule has 1 amide bonds. The molecule has 0 radical (unpaired) electrons. The maximum atomic E-state index is 14.3. The monoisotopic (exact) mass is 603 g/mol. The number of sulfone groups is 1. The first-order valence-corrected chi connectivity index (χ1v) is 15.1. The van der Waals surface area contributed by atoms with Gasteiger partial charge >= 0.3 is 0 Å². The molecule has 0 fully saturated rings. The first-order valence-electron chi connectivity index (χ1n) is 13.6. The van der Waals surface area contributed by atoms with Gasteiger partial charge in [-0.3, -0.25) is 14.9 Å². The summed E-state index contributed by atoms with van der Waals surface area (Å²) in [6, 6.07) is 28.8. The second-order valence-electron chi connectivity index (χ2n) is 10.1. The molecular formula is C33H25N5O5S. The predicted molar refractivity (Wildman–Crippen MR) is 168 cm³/mol. The van der Waals surface area contributed by atoms with Crippen LogP contribution in [0.5, 0.6) is 0 Å². The van der Waals surface area contributed by atoms with Gasteiger partial charge in [-0.25, -0.2) is 18.4 Å². The van der Waals surface area contributed by atoms with Gasteiger partial charge in [0.25, 0.3) is 5.69 Å². The van der Waals surface area contributed by atoms with Gasteiger partial charge in [-0.2, -0.15) is 0 Å². The summed E-state index contributed by atoms with van der Waals surface area (Å²) in [7, 11) is -4.22. The molecule has 1 N–H and O–H groups in total. The highest BCUT2D eigenvalue weighted by molar-refractivity contribution is 7.92. The number of rotatable bonds is 8. The van der Waals surface area contributed by atoms with Gasteiger partial charge in [0.05, 0.1) is 27.4 Å². The summed E-state index contributed by atoms with van der Waals surface area (Å²) in [5.74, 6) is -0.632. The number of nitro groups is 1. The maximum Gasteiger partial charge on any atom is 0.270 e. The van der Waals surface area contributed by atoms with E-state index in [0.29, 0.717) is 16.6 Å². The Morgan fingerprint density at radius 3 is 2.30 bits per heavy atom. The fourth-order valence-corrected chi connectivity index (χ4v) is 6.42. The second-order valence-corrected chi connectivity index (χ2v) is 12.0. The molecule has 0 saturated carbocycles. The second kappa shape index (κ2) is 11.5. The van der Waals surface area contributed by atoms with Gasteiger partial charge in [-0.05, 0) is 48.4 Å². The van der Waals surface area contributed by atoms with E-state index in [1.165, 1.54) is 42.5 Å². The summed E-state index contributed by atoms with van der Waals surface area (Å²) in [6.07, 6.45) is 2.62. The lowest BCUT2D eigenvalue weighted by atomic mass is 10.2. The molecule has 10 nitrogen and oxygen atoms in total. The van der Waals surface area contributed by atoms with Crippen LogP contribution in [-0.4, -0.2) is 33.8 Å². The fourth-order valence-electron chi connectivity index (χ4n) is 4.88. The Labute approximate surface area is 252 Å². The number of anilines is 1. The predicted octanol–water partition coefficient (Wildman–Crippen LogP) is 6.33. The Balaban J connectivity index is 1.56. The van der Waals surface area contributed by atoms with Crippen molar-refractivity contribution in [2.24, 2.45) is 0 Å². The smallest absolute Gasteiger partial charge is 0.270 e. The average molecular weight is 604 g/mol. The van der Waals surface area contributed by atoms with Crippen molar-refractivity contribution in [2.45, 2.75) is 23.3 Å². The zero-order valence-electron chi connectivity index (χ0n) is 23.4. The van der Waals surface area contributed by atoms with Crippen molar-refractivity contribution in [2.75, 3.05) is 5.32 Å². The van der Waals surface area contributed by atoms with E-state index in [1.54, 1.807) is 41.0 Å². The third-order valence-corrected chi connectivity index (χ3v) is 8.86. The number of carbonyl (C=O) groups is 1. The summed E-state index contributed by atoms with van der Waals surface area (Å²) in [5.41, 5.74) is 3.53. The minimum Gasteiger partial charge on any atom is -0.307 e. The third kappa shape index (κ3) is 5.55. The van der Waals surface area contributed by atoms with Crippen LogP contribution >= 0.6 is 0 Å². The average Bonchev–Trinajstić information content (AvgIpc) is 3.31. The van der Waals surface area contributed by atoms with Gasteiger partial charge in [0.15, 0.2) is 5.65 Å². The number of aromatic nitrogens is 3. The summed E-state index contributed by atoms with van der Waals surface area (Å²) in [5, 5.41) is 14.0. The van der Waals surface area contributed by atoms with Crippen LogP contribution in [0.2, 0.25) is 0 Å². The van der Waals surface area contributed by atoms with Crippen LogP contribution < -0.4 is 5.32 Å². The number of aryl methyl sites for hydroxylation is 1. The number of hydrogen-bond acceptors (Lipinski definition) is 7. The van der Waals surface area contributed by atoms with Crippen molar-refractivity contribution in [3.8, 4) is 0 Å². The minimum absolute atomic E-state index is 0.00780. The van der Waals surface area contributed by atoms with E-state index in [1.807, 2.05) is 43.3 Å². The standard InChI is InChI=1S/C33H25N5O5S/c1-22-14-17-26(18-15-22)44(42,43)31-30-32(35-28-13-6-5-12-27(28)34-30)37(21-24-8-3-2-4-9-24)33(31)36-29(39)19-16-23-10-7-11-25(20-23)38(40)41/h2-20H,21H2,1H3,(H,36,39). The van der Waals surface area contributed by atoms with E-state index >= 15 is 0 Å². The van der Waals surface area contributed by atoms with Crippen molar-refractivity contribution < 1.29 is 18.1 Å². The molecule has 2 heterocycles. The van der Waals surface area contributed by atoms with Crippen LogP contribution in [0, 0.1) is 17.0 Å². The molecule has 0 bridgehead atoms. The zero-order chi connectivity index (χ0) is 30.8. The minimum atomic E-state index is -4.22. The molecule has 11 heteroatoms. The number of nitrogens with zero attached hydrogens (tertiary/aromatic N) is 4. The van der Waals surface area contributed by atoms with E-state index in [2.05, 4.69) is 5.32 Å². The number of fused-ring (bicyclic) bond motifs is 2. The molecule has 0 unspecified atom stereocenters. The number of amides is 1. The quantitative estimate of drug-likeness (QED) is 0.122. The van der Waals surface area contributed by atoms with E-state index in [0.717, 1.165) is 11.1 Å². The topological polar surface area (TPSA) is 137 Å². The molecule has 2 aromatic heterocycles. The Kier molecular flexibility index (Phi) is 7.46. The van der Waals surface area contributed by atoms with Crippen LogP contribution in [0.3, 0.4) is 0 Å². The van der Waals surface area contributed by atoms with Crippen LogP contribution in [0.25, 0.3) is 28.3 Å². The Morgan fingerprint density at radius 2 is 1.59 bits per heavy atom. The summed E-state index contributed by atoms with van der Waals surface area (Å²) < 4.78 is 30.3. The highest BCUT2D eigenvalue weighted by Crippen LogP contribution is 2.37. The van der Waals surface area contributed by atoms with Crippen molar-refractivity contribution in [1.82, 2.24) is 14.5 Å². The van der Waals surface area contributed by atoms with Gasteiger partial charge in [-0.1, -0.05) is 72.3 Å². The van der Waals surface area contributed by atoms with E-state index in [-0.39, 0.29) is 39.0 Å².